The maximum absolute atomic E-state index is 10.2. The summed E-state index contributed by atoms with van der Waals surface area (Å²) in [5.41, 5.74) is 7.43. The van der Waals surface area contributed by atoms with Crippen LogP contribution in [-0.2, 0) is 6.42 Å². The molecule has 1 aliphatic rings. The summed E-state index contributed by atoms with van der Waals surface area (Å²) in [7, 11) is 1.95. The van der Waals surface area contributed by atoms with E-state index in [-0.39, 0.29) is 0 Å². The summed E-state index contributed by atoms with van der Waals surface area (Å²) in [6.07, 6.45) is 7.30. The zero-order valence-electron chi connectivity index (χ0n) is 22.4. The minimum Gasteiger partial charge on any atom is -0.513 e. The highest BCUT2D eigenvalue weighted by atomic mass is 32.2. The molecule has 0 spiro atoms. The Morgan fingerprint density at radius 1 is 1.14 bits per heavy atom. The number of H-pyrrole nitrogens is 1. The summed E-state index contributed by atoms with van der Waals surface area (Å²) in [6, 6.07) is 17.1. The molecule has 0 unspecified atom stereocenters. The van der Waals surface area contributed by atoms with E-state index in [4.69, 9.17) is 4.98 Å². The highest BCUT2D eigenvalue weighted by Gasteiger charge is 2.20. The minimum absolute atomic E-state index is 0.618. The monoisotopic (exact) mass is 517 g/mol. The summed E-state index contributed by atoms with van der Waals surface area (Å²) >= 11 is 1.75. The van der Waals surface area contributed by atoms with Crippen molar-refractivity contribution in [1.29, 1.82) is 0 Å². The number of aliphatic hydroxyl groups excluding tert-OH is 1. The number of imidazole rings is 1. The number of hydrogen-bond donors (Lipinski definition) is 3. The fourth-order valence-electron chi connectivity index (χ4n) is 4.46. The van der Waals surface area contributed by atoms with Gasteiger partial charge in [-0.15, -0.1) is 24.9 Å². The number of anilines is 1. The zero-order valence-corrected chi connectivity index (χ0v) is 23.2. The smallest absolute Gasteiger partial charge is 0.159 e. The number of nitrogens with one attached hydrogen (secondary N) is 2. The molecule has 0 radical (unpaired) electrons. The first kappa shape index (κ1) is 28.2. The predicted molar refractivity (Wildman–Crippen MR) is 160 cm³/mol. The van der Waals surface area contributed by atoms with Crippen molar-refractivity contribution in [1.82, 2.24) is 20.3 Å². The first-order valence-corrected chi connectivity index (χ1v) is 13.9. The molecule has 196 valence electrons. The van der Waals surface area contributed by atoms with E-state index in [1.165, 1.54) is 21.6 Å². The zero-order chi connectivity index (χ0) is 26.8. The van der Waals surface area contributed by atoms with E-state index in [1.807, 2.05) is 12.1 Å². The summed E-state index contributed by atoms with van der Waals surface area (Å²) < 4.78 is 0. The number of hydrazine groups is 1. The number of aromatic amines is 1. The molecule has 3 aromatic rings. The standard InChI is InChI=1S/C28H35N5OS.C2H4/c1-5-25-26(16-20-14-15-29-18-20)31-28(30-25)27(19-34)32(3)33(6-2)23-12-10-21(11-13-23)22-8-7-9-24(17-22)35-4;1-2/h7-13,16-17,19,29,34H,5-6,14-15,18H2,1-4H3,(H,30,31);1-2H2/b20-16+,27-19+;. The lowest BCUT2D eigenvalue weighted by molar-refractivity contribution is 0.408. The Bertz CT molecular complexity index is 1210. The number of aryl methyl sites for hydroxylation is 1. The van der Waals surface area contributed by atoms with E-state index in [2.05, 4.69) is 103 Å². The Kier molecular flexibility index (Phi) is 10.5. The van der Waals surface area contributed by atoms with Gasteiger partial charge in [0.2, 0.25) is 0 Å². The van der Waals surface area contributed by atoms with Crippen molar-refractivity contribution in [3.8, 4) is 11.1 Å². The number of rotatable bonds is 9. The van der Waals surface area contributed by atoms with Crippen molar-refractivity contribution >= 4 is 29.2 Å². The van der Waals surface area contributed by atoms with Crippen molar-refractivity contribution in [3.63, 3.8) is 0 Å². The quantitative estimate of drug-likeness (QED) is 0.126. The molecule has 6 nitrogen and oxygen atoms in total. The number of benzene rings is 2. The van der Waals surface area contributed by atoms with Gasteiger partial charge in [-0.2, -0.15) is 0 Å². The van der Waals surface area contributed by atoms with Gasteiger partial charge in [-0.05, 0) is 74.0 Å². The average molecular weight is 518 g/mol. The molecule has 3 N–H and O–H groups in total. The number of nitrogens with zero attached hydrogens (tertiary/aromatic N) is 3. The van der Waals surface area contributed by atoms with Crippen molar-refractivity contribution in [2.45, 2.75) is 31.6 Å². The third-order valence-electron chi connectivity index (χ3n) is 6.42. The molecule has 1 aromatic heterocycles. The largest absolute Gasteiger partial charge is 0.513 e. The van der Waals surface area contributed by atoms with Gasteiger partial charge in [-0.1, -0.05) is 36.8 Å². The van der Waals surface area contributed by atoms with Gasteiger partial charge in [0.1, 0.15) is 12.0 Å². The van der Waals surface area contributed by atoms with E-state index in [0.717, 1.165) is 55.8 Å². The molecule has 0 bridgehead atoms. The van der Waals surface area contributed by atoms with E-state index in [9.17, 15) is 5.11 Å². The second kappa shape index (κ2) is 13.8. The molecule has 4 rings (SSSR count). The fraction of sp³-hybridized carbons (Fsp3) is 0.300. The first-order chi connectivity index (χ1) is 18.1. The number of thioether (sulfide) groups is 1. The van der Waals surface area contributed by atoms with Crippen molar-refractivity contribution < 1.29 is 5.11 Å². The van der Waals surface area contributed by atoms with Crippen molar-refractivity contribution in [2.24, 2.45) is 0 Å². The average Bonchev–Trinajstić information content (AvgIpc) is 3.61. The van der Waals surface area contributed by atoms with Gasteiger partial charge < -0.3 is 15.4 Å². The normalized spacial score (nSPS) is 14.4. The topological polar surface area (TPSA) is 67.4 Å². The van der Waals surface area contributed by atoms with E-state index >= 15 is 0 Å². The number of hydrogen-bond acceptors (Lipinski definition) is 6. The Hall–Kier alpha value is -3.42. The van der Waals surface area contributed by atoms with Gasteiger partial charge >= 0.3 is 0 Å². The van der Waals surface area contributed by atoms with Gasteiger partial charge in [0.05, 0.1) is 11.4 Å². The molecule has 0 amide bonds. The van der Waals surface area contributed by atoms with Crippen LogP contribution in [-0.4, -0.2) is 53.0 Å². The van der Waals surface area contributed by atoms with Crippen LogP contribution < -0.4 is 10.3 Å². The van der Waals surface area contributed by atoms with E-state index < -0.39 is 0 Å². The summed E-state index contributed by atoms with van der Waals surface area (Å²) in [5.74, 6) is 0.661. The number of aromatic nitrogens is 2. The van der Waals surface area contributed by atoms with Gasteiger partial charge in [0.25, 0.3) is 0 Å². The van der Waals surface area contributed by atoms with Crippen LogP contribution in [0.5, 0.6) is 0 Å². The molecular formula is C30H39N5OS. The van der Waals surface area contributed by atoms with Crippen LogP contribution in [0.25, 0.3) is 22.9 Å². The lowest BCUT2D eigenvalue weighted by atomic mass is 10.1. The van der Waals surface area contributed by atoms with Gasteiger partial charge in [0.15, 0.2) is 5.82 Å². The molecular weight excluding hydrogens is 478 g/mol. The SMILES string of the molecule is C=C.CCc1[nH]c(/C(=C\O)N(C)N(CC)c2ccc(-c3cccc(SC)c3)cc2)nc1/C=C1\CCNC1. The molecule has 0 saturated carbocycles. The van der Waals surface area contributed by atoms with Crippen molar-refractivity contribution in [3.05, 3.63) is 90.7 Å². The van der Waals surface area contributed by atoms with Crippen LogP contribution in [0.1, 0.15) is 37.5 Å². The number of aliphatic hydroxyl groups is 1. The van der Waals surface area contributed by atoms with Crippen LogP contribution in [0, 0.1) is 0 Å². The predicted octanol–water partition coefficient (Wildman–Crippen LogP) is 6.77. The lowest BCUT2D eigenvalue weighted by Crippen LogP contribution is -2.39. The summed E-state index contributed by atoms with van der Waals surface area (Å²) in [4.78, 5) is 9.55. The maximum atomic E-state index is 10.2. The van der Waals surface area contributed by atoms with Gasteiger partial charge in [-0.25, -0.2) is 4.98 Å². The van der Waals surface area contributed by atoms with Gasteiger partial charge in [-0.3, -0.25) is 10.0 Å². The van der Waals surface area contributed by atoms with E-state index in [0.29, 0.717) is 11.5 Å². The molecule has 37 heavy (non-hydrogen) atoms. The molecule has 1 aliphatic heterocycles. The third kappa shape index (κ3) is 6.67. The Morgan fingerprint density at radius 3 is 2.49 bits per heavy atom. The Morgan fingerprint density at radius 2 is 1.89 bits per heavy atom. The van der Waals surface area contributed by atoms with Crippen LogP contribution in [0.4, 0.5) is 5.69 Å². The Balaban J connectivity index is 0.00000186. The fourth-order valence-corrected chi connectivity index (χ4v) is 4.92. The second-order valence-corrected chi connectivity index (χ2v) is 9.44. The minimum atomic E-state index is 0.618. The van der Waals surface area contributed by atoms with Crippen LogP contribution >= 0.6 is 11.8 Å². The molecule has 2 aromatic carbocycles. The highest BCUT2D eigenvalue weighted by Crippen LogP contribution is 2.29. The third-order valence-corrected chi connectivity index (χ3v) is 7.15. The molecule has 1 fully saturated rings. The van der Waals surface area contributed by atoms with Gasteiger partial charge in [0, 0.05) is 30.7 Å². The molecule has 7 heteroatoms. The van der Waals surface area contributed by atoms with Crippen LogP contribution in [0.3, 0.4) is 0 Å². The van der Waals surface area contributed by atoms with E-state index in [1.54, 1.807) is 11.8 Å². The lowest BCUT2D eigenvalue weighted by Gasteiger charge is -2.35. The van der Waals surface area contributed by atoms with Crippen LogP contribution in [0.2, 0.25) is 0 Å². The molecule has 1 saturated heterocycles. The first-order valence-electron chi connectivity index (χ1n) is 12.7. The van der Waals surface area contributed by atoms with Crippen molar-refractivity contribution in [2.75, 3.05) is 37.9 Å². The second-order valence-electron chi connectivity index (χ2n) is 8.56. The van der Waals surface area contributed by atoms with Crippen LogP contribution in [0.15, 0.2) is 78.4 Å². The highest BCUT2D eigenvalue weighted by molar-refractivity contribution is 7.98. The summed E-state index contributed by atoms with van der Waals surface area (Å²) in [5, 5.41) is 17.7. The Labute approximate surface area is 225 Å². The molecule has 2 heterocycles. The maximum Gasteiger partial charge on any atom is 0.159 e. The summed E-state index contributed by atoms with van der Waals surface area (Å²) in [6.45, 7) is 12.9. The molecule has 0 atom stereocenters. The molecule has 0 aliphatic carbocycles.